The van der Waals surface area contributed by atoms with E-state index < -0.39 is 17.2 Å². The molecule has 0 radical (unpaired) electrons. The normalized spacial score (nSPS) is 20.6. The molecule has 3 rings (SSSR count). The zero-order valence-corrected chi connectivity index (χ0v) is 13.8. The lowest BCUT2D eigenvalue weighted by Gasteiger charge is -2.38. The van der Waals surface area contributed by atoms with Gasteiger partial charge in [-0.2, -0.15) is 0 Å². The molecule has 8 nitrogen and oxygen atoms in total. The van der Waals surface area contributed by atoms with Gasteiger partial charge in [-0.15, -0.1) is 0 Å². The van der Waals surface area contributed by atoms with E-state index in [1.54, 1.807) is 6.20 Å². The summed E-state index contributed by atoms with van der Waals surface area (Å²) in [7, 11) is 1.46. The average Bonchev–Trinajstić information content (AvgIpc) is 2.55. The number of aromatic nitrogens is 3. The van der Waals surface area contributed by atoms with Crippen LogP contribution < -0.4 is 16.6 Å². The van der Waals surface area contributed by atoms with E-state index in [0.717, 1.165) is 10.3 Å². The Kier molecular flexibility index (Phi) is 4.80. The van der Waals surface area contributed by atoms with Crippen molar-refractivity contribution < 1.29 is 9.90 Å². The van der Waals surface area contributed by atoms with E-state index in [2.05, 4.69) is 15.3 Å². The number of pyridine rings is 1. The van der Waals surface area contributed by atoms with Crippen molar-refractivity contribution in [1.29, 1.82) is 0 Å². The van der Waals surface area contributed by atoms with Crippen molar-refractivity contribution in [3.8, 4) is 0 Å². The number of nitrogens with one attached hydrogen (secondary N) is 2. The van der Waals surface area contributed by atoms with Crippen LogP contribution in [0.2, 0.25) is 0 Å². The summed E-state index contributed by atoms with van der Waals surface area (Å²) >= 11 is 0. The summed E-state index contributed by atoms with van der Waals surface area (Å²) < 4.78 is 1.15. The third-order valence-electron chi connectivity index (χ3n) is 4.54. The first-order chi connectivity index (χ1) is 11.9. The minimum atomic E-state index is -0.717. The van der Waals surface area contributed by atoms with E-state index >= 15 is 0 Å². The molecule has 0 unspecified atom stereocenters. The van der Waals surface area contributed by atoms with Crippen molar-refractivity contribution in [1.82, 2.24) is 19.9 Å². The fraction of sp³-hybridized carbons (Fsp3) is 0.412. The summed E-state index contributed by atoms with van der Waals surface area (Å²) in [6.45, 7) is 0. The Hall–Kier alpha value is -2.74. The topological polar surface area (TPSA) is 117 Å². The highest BCUT2D eigenvalue weighted by Crippen LogP contribution is 2.31. The van der Waals surface area contributed by atoms with E-state index in [1.165, 1.54) is 13.2 Å². The summed E-state index contributed by atoms with van der Waals surface area (Å²) in [6, 6.07) is 5.30. The van der Waals surface area contributed by atoms with Crippen LogP contribution in [-0.4, -0.2) is 37.7 Å². The van der Waals surface area contributed by atoms with Crippen molar-refractivity contribution in [3.63, 3.8) is 0 Å². The van der Waals surface area contributed by atoms with Gasteiger partial charge in [0.15, 0.2) is 0 Å². The number of carbonyl (C=O) groups is 1. The number of aliphatic hydroxyl groups excluding tert-OH is 1. The van der Waals surface area contributed by atoms with Crippen LogP contribution in [0.15, 0.2) is 40.2 Å². The number of hydrogen-bond donors (Lipinski definition) is 3. The maximum absolute atomic E-state index is 12.5. The van der Waals surface area contributed by atoms with Gasteiger partial charge in [-0.05, 0) is 30.9 Å². The highest BCUT2D eigenvalue weighted by molar-refractivity contribution is 5.93. The highest BCUT2D eigenvalue weighted by atomic mass is 16.3. The number of rotatable bonds is 5. The van der Waals surface area contributed by atoms with Gasteiger partial charge >= 0.3 is 5.69 Å². The van der Waals surface area contributed by atoms with Crippen LogP contribution in [0, 0.1) is 5.92 Å². The van der Waals surface area contributed by atoms with E-state index in [0.29, 0.717) is 19.3 Å². The second kappa shape index (κ2) is 7.02. The van der Waals surface area contributed by atoms with Gasteiger partial charge in [-0.1, -0.05) is 6.07 Å². The fourth-order valence-electron chi connectivity index (χ4n) is 3.01. The number of aromatic amines is 1. The SMILES string of the molecule is Cn1cc(C(=O)N[C@@H](Cc2ccccn2)C2CC(O)C2)c(=O)[nH]c1=O. The fourth-order valence-corrected chi connectivity index (χ4v) is 3.01. The molecule has 0 aliphatic heterocycles. The molecule has 3 N–H and O–H groups in total. The Labute approximate surface area is 143 Å². The van der Waals surface area contributed by atoms with Crippen molar-refractivity contribution in [2.75, 3.05) is 0 Å². The maximum atomic E-state index is 12.5. The second-order valence-corrected chi connectivity index (χ2v) is 6.40. The first-order valence-corrected chi connectivity index (χ1v) is 8.13. The minimum absolute atomic E-state index is 0.118. The molecule has 1 fully saturated rings. The number of H-pyrrole nitrogens is 1. The predicted octanol–water partition coefficient (Wildman–Crippen LogP) is -0.419. The van der Waals surface area contributed by atoms with E-state index in [4.69, 9.17) is 0 Å². The Morgan fingerprint density at radius 2 is 2.20 bits per heavy atom. The molecule has 1 amide bonds. The van der Waals surface area contributed by atoms with Crippen molar-refractivity contribution in [2.24, 2.45) is 13.0 Å². The number of aliphatic hydroxyl groups is 1. The maximum Gasteiger partial charge on any atom is 0.328 e. The van der Waals surface area contributed by atoms with Gasteiger partial charge in [0.05, 0.1) is 6.10 Å². The molecule has 0 spiro atoms. The minimum Gasteiger partial charge on any atom is -0.393 e. The molecule has 1 aliphatic rings. The molecule has 2 aromatic heterocycles. The van der Waals surface area contributed by atoms with Crippen LogP contribution in [0.25, 0.3) is 0 Å². The quantitative estimate of drug-likeness (QED) is 0.681. The summed E-state index contributed by atoms with van der Waals surface area (Å²) in [5, 5.41) is 12.4. The molecule has 0 aromatic carbocycles. The van der Waals surface area contributed by atoms with Gasteiger partial charge in [-0.3, -0.25) is 19.6 Å². The van der Waals surface area contributed by atoms with Crippen molar-refractivity contribution in [3.05, 3.63) is 62.7 Å². The lowest BCUT2D eigenvalue weighted by molar-refractivity contribution is 0.0237. The van der Waals surface area contributed by atoms with Gasteiger partial charge in [0.2, 0.25) is 0 Å². The van der Waals surface area contributed by atoms with Crippen LogP contribution >= 0.6 is 0 Å². The van der Waals surface area contributed by atoms with Crippen molar-refractivity contribution >= 4 is 5.91 Å². The van der Waals surface area contributed by atoms with Crippen LogP contribution in [0.5, 0.6) is 0 Å². The second-order valence-electron chi connectivity index (χ2n) is 6.40. The molecule has 2 aromatic rings. The van der Waals surface area contributed by atoms with E-state index in [-0.39, 0.29) is 23.6 Å². The lowest BCUT2D eigenvalue weighted by atomic mass is 9.76. The summed E-state index contributed by atoms with van der Waals surface area (Å²) in [5.74, 6) is -0.424. The number of hydrogen-bond acceptors (Lipinski definition) is 5. The van der Waals surface area contributed by atoms with Crippen LogP contribution in [-0.2, 0) is 13.5 Å². The summed E-state index contributed by atoms with van der Waals surface area (Å²) in [4.78, 5) is 42.2. The molecule has 0 saturated heterocycles. The third-order valence-corrected chi connectivity index (χ3v) is 4.54. The summed E-state index contributed by atoms with van der Waals surface area (Å²) in [6.07, 6.45) is 4.26. The average molecular weight is 344 g/mol. The Morgan fingerprint density at radius 3 is 2.84 bits per heavy atom. The van der Waals surface area contributed by atoms with Crippen LogP contribution in [0.1, 0.15) is 28.9 Å². The molecule has 1 saturated carbocycles. The molecule has 25 heavy (non-hydrogen) atoms. The monoisotopic (exact) mass is 344 g/mol. The number of aryl methyl sites for hydroxylation is 1. The van der Waals surface area contributed by atoms with Gasteiger partial charge < -0.3 is 15.0 Å². The zero-order valence-electron chi connectivity index (χ0n) is 13.8. The lowest BCUT2D eigenvalue weighted by Crippen LogP contribution is -2.49. The third kappa shape index (κ3) is 3.85. The smallest absolute Gasteiger partial charge is 0.328 e. The first kappa shape index (κ1) is 17.1. The molecule has 2 heterocycles. The van der Waals surface area contributed by atoms with Crippen molar-refractivity contribution in [2.45, 2.75) is 31.4 Å². The first-order valence-electron chi connectivity index (χ1n) is 8.13. The standard InChI is InChI=1S/C17H20N4O4/c1-21-9-13(16(24)20-17(21)25)15(23)19-14(10-6-12(22)7-10)8-11-4-2-3-5-18-11/h2-5,9-10,12,14,22H,6-8H2,1H3,(H,19,23)(H,20,24,25)/t10?,12?,14-/m0/s1. The molecular weight excluding hydrogens is 324 g/mol. The number of carbonyl (C=O) groups excluding carboxylic acids is 1. The number of nitrogens with zero attached hydrogens (tertiary/aromatic N) is 2. The number of amides is 1. The van der Waals surface area contributed by atoms with Crippen LogP contribution in [0.3, 0.4) is 0 Å². The Morgan fingerprint density at radius 1 is 1.44 bits per heavy atom. The highest BCUT2D eigenvalue weighted by Gasteiger charge is 2.35. The van der Waals surface area contributed by atoms with Gasteiger partial charge in [0.25, 0.3) is 11.5 Å². The molecule has 0 bridgehead atoms. The van der Waals surface area contributed by atoms with Gasteiger partial charge in [0.1, 0.15) is 5.56 Å². The molecule has 8 heteroatoms. The molecular formula is C17H20N4O4. The van der Waals surface area contributed by atoms with E-state index in [1.807, 2.05) is 18.2 Å². The molecule has 1 atom stereocenters. The zero-order chi connectivity index (χ0) is 18.0. The van der Waals surface area contributed by atoms with Gasteiger partial charge in [0, 0.05) is 37.6 Å². The summed E-state index contributed by atoms with van der Waals surface area (Å²) in [5.41, 5.74) is -0.587. The van der Waals surface area contributed by atoms with Gasteiger partial charge in [-0.25, -0.2) is 4.79 Å². The molecule has 132 valence electrons. The largest absolute Gasteiger partial charge is 0.393 e. The molecule has 1 aliphatic carbocycles. The van der Waals surface area contributed by atoms with Crippen LogP contribution in [0.4, 0.5) is 0 Å². The Balaban J connectivity index is 1.80. The Bertz CT molecular complexity index is 868. The predicted molar refractivity (Wildman–Crippen MR) is 90.2 cm³/mol. The van der Waals surface area contributed by atoms with E-state index in [9.17, 15) is 19.5 Å².